The van der Waals surface area contributed by atoms with Crippen molar-refractivity contribution in [2.24, 2.45) is 0 Å². The van der Waals surface area contributed by atoms with Gasteiger partial charge in [0.05, 0.1) is 6.10 Å². The number of aliphatic hydroxyl groups is 1. The molecule has 0 aromatic carbocycles. The summed E-state index contributed by atoms with van der Waals surface area (Å²) in [4.78, 5) is 20.4. The topological polar surface area (TPSA) is 68.7 Å². The lowest BCUT2D eigenvalue weighted by Gasteiger charge is -2.30. The molecular formula is C16H26N4O2. The minimum absolute atomic E-state index is 0.119. The fourth-order valence-corrected chi connectivity index (χ4v) is 2.68. The van der Waals surface area contributed by atoms with Crippen LogP contribution in [0.1, 0.15) is 32.3 Å². The summed E-state index contributed by atoms with van der Waals surface area (Å²) < 4.78 is 0. The van der Waals surface area contributed by atoms with Crippen molar-refractivity contribution in [3.8, 4) is 0 Å². The second-order valence-electron chi connectivity index (χ2n) is 5.60. The van der Waals surface area contributed by atoms with Gasteiger partial charge in [0, 0.05) is 38.9 Å². The van der Waals surface area contributed by atoms with Gasteiger partial charge in [-0.3, -0.25) is 0 Å². The first kappa shape index (κ1) is 16.5. The molecule has 6 nitrogen and oxygen atoms in total. The van der Waals surface area contributed by atoms with Crippen LogP contribution < -0.4 is 10.2 Å². The number of rotatable bonds is 5. The summed E-state index contributed by atoms with van der Waals surface area (Å²) in [5, 5.41) is 12.5. The molecular weight excluding hydrogens is 280 g/mol. The van der Waals surface area contributed by atoms with Crippen LogP contribution in [0.4, 0.5) is 10.6 Å². The maximum Gasteiger partial charge on any atom is 0.317 e. The number of β-amino-alcohol motifs (C(OH)–C–C–N with tert-alkyl or cyclic N) is 1. The van der Waals surface area contributed by atoms with Crippen molar-refractivity contribution in [3.63, 3.8) is 0 Å². The van der Waals surface area contributed by atoms with E-state index >= 15 is 0 Å². The van der Waals surface area contributed by atoms with Crippen LogP contribution in [-0.4, -0.2) is 53.3 Å². The van der Waals surface area contributed by atoms with E-state index in [9.17, 15) is 9.90 Å². The Morgan fingerprint density at radius 2 is 2.23 bits per heavy atom. The Balaban J connectivity index is 1.85. The van der Waals surface area contributed by atoms with Gasteiger partial charge in [0.2, 0.25) is 0 Å². The number of hydrogen-bond acceptors (Lipinski definition) is 4. The summed E-state index contributed by atoms with van der Waals surface area (Å²) in [5.41, 5.74) is 0.974. The first-order valence-electron chi connectivity index (χ1n) is 8.04. The monoisotopic (exact) mass is 306 g/mol. The van der Waals surface area contributed by atoms with E-state index in [0.717, 1.165) is 37.3 Å². The van der Waals surface area contributed by atoms with Gasteiger partial charge in [-0.25, -0.2) is 9.78 Å². The molecule has 1 aromatic rings. The molecule has 1 aliphatic rings. The third kappa shape index (κ3) is 4.34. The molecule has 2 N–H and O–H groups in total. The number of hydrogen-bond donors (Lipinski definition) is 2. The number of amides is 2. The predicted octanol–water partition coefficient (Wildman–Crippen LogP) is 1.59. The van der Waals surface area contributed by atoms with Crippen LogP contribution >= 0.6 is 0 Å². The van der Waals surface area contributed by atoms with Gasteiger partial charge in [0.1, 0.15) is 5.82 Å². The molecule has 1 unspecified atom stereocenters. The smallest absolute Gasteiger partial charge is 0.317 e. The van der Waals surface area contributed by atoms with Crippen LogP contribution in [0.15, 0.2) is 18.3 Å². The van der Waals surface area contributed by atoms with Gasteiger partial charge in [-0.15, -0.1) is 0 Å². The van der Waals surface area contributed by atoms with Gasteiger partial charge in [-0.1, -0.05) is 6.07 Å². The molecule has 1 aliphatic heterocycles. The number of likely N-dealkylation sites (tertiary alicyclic amines) is 1. The van der Waals surface area contributed by atoms with Gasteiger partial charge in [-0.05, 0) is 38.3 Å². The van der Waals surface area contributed by atoms with Gasteiger partial charge >= 0.3 is 6.03 Å². The Kier molecular flexibility index (Phi) is 6.00. The summed E-state index contributed by atoms with van der Waals surface area (Å²) in [6.07, 6.45) is 3.04. The Labute approximate surface area is 132 Å². The zero-order chi connectivity index (χ0) is 15.9. The molecule has 1 fully saturated rings. The van der Waals surface area contributed by atoms with Crippen LogP contribution in [0.3, 0.4) is 0 Å². The van der Waals surface area contributed by atoms with Crippen molar-refractivity contribution in [1.29, 1.82) is 0 Å². The quantitative estimate of drug-likeness (QED) is 0.867. The second-order valence-corrected chi connectivity index (χ2v) is 5.60. The van der Waals surface area contributed by atoms with Crippen molar-refractivity contribution in [3.05, 3.63) is 23.9 Å². The number of anilines is 1. The zero-order valence-electron chi connectivity index (χ0n) is 13.5. The number of urea groups is 1. The number of carbonyl (C=O) groups excluding carboxylic acids is 1. The Hall–Kier alpha value is -1.82. The lowest BCUT2D eigenvalue weighted by molar-refractivity contribution is 0.0842. The van der Waals surface area contributed by atoms with Gasteiger partial charge in [-0.2, -0.15) is 0 Å². The maximum absolute atomic E-state index is 12.1. The molecule has 6 heteroatoms. The summed E-state index contributed by atoms with van der Waals surface area (Å²) in [6.45, 7) is 7.65. The fraction of sp³-hybridized carbons (Fsp3) is 0.625. The highest BCUT2D eigenvalue weighted by Crippen LogP contribution is 2.12. The van der Waals surface area contributed by atoms with E-state index in [2.05, 4.69) is 29.0 Å². The molecule has 1 atom stereocenters. The molecule has 0 bridgehead atoms. The van der Waals surface area contributed by atoms with E-state index in [1.807, 2.05) is 12.1 Å². The van der Waals surface area contributed by atoms with E-state index < -0.39 is 6.10 Å². The Bertz CT molecular complexity index is 474. The van der Waals surface area contributed by atoms with Crippen LogP contribution in [0, 0.1) is 0 Å². The third-order valence-electron chi connectivity index (χ3n) is 4.02. The van der Waals surface area contributed by atoms with Crippen molar-refractivity contribution < 1.29 is 9.90 Å². The molecule has 0 radical (unpaired) electrons. The Morgan fingerprint density at radius 3 is 2.82 bits per heavy atom. The van der Waals surface area contributed by atoms with Crippen molar-refractivity contribution in [2.75, 3.05) is 31.1 Å². The second kappa shape index (κ2) is 7.98. The summed E-state index contributed by atoms with van der Waals surface area (Å²) in [6, 6.07) is 3.86. The number of nitrogens with one attached hydrogen (secondary N) is 1. The van der Waals surface area contributed by atoms with Crippen molar-refractivity contribution in [1.82, 2.24) is 15.2 Å². The SMILES string of the molecule is CCN(CC)c1ccc(CNC(=O)N2CCCC(O)C2)cn1. The van der Waals surface area contributed by atoms with E-state index in [1.54, 1.807) is 11.1 Å². The minimum Gasteiger partial charge on any atom is -0.391 e. The van der Waals surface area contributed by atoms with E-state index in [1.165, 1.54) is 0 Å². The normalized spacial score (nSPS) is 18.1. The lowest BCUT2D eigenvalue weighted by atomic mass is 10.1. The first-order valence-corrected chi connectivity index (χ1v) is 8.04. The van der Waals surface area contributed by atoms with Crippen LogP contribution in [0.2, 0.25) is 0 Å². The molecule has 2 rings (SSSR count). The third-order valence-corrected chi connectivity index (χ3v) is 4.02. The molecule has 0 aliphatic carbocycles. The van der Waals surface area contributed by atoms with Crippen molar-refractivity contribution >= 4 is 11.8 Å². The predicted molar refractivity (Wildman–Crippen MR) is 86.8 cm³/mol. The zero-order valence-corrected chi connectivity index (χ0v) is 13.5. The van der Waals surface area contributed by atoms with Crippen LogP contribution in [0.5, 0.6) is 0 Å². The van der Waals surface area contributed by atoms with E-state index in [0.29, 0.717) is 19.6 Å². The molecule has 0 spiro atoms. The number of aromatic nitrogens is 1. The average Bonchev–Trinajstić information content (AvgIpc) is 2.55. The molecule has 2 heterocycles. The molecule has 122 valence electrons. The molecule has 22 heavy (non-hydrogen) atoms. The maximum atomic E-state index is 12.1. The highest BCUT2D eigenvalue weighted by atomic mass is 16.3. The fourth-order valence-electron chi connectivity index (χ4n) is 2.68. The number of piperidine rings is 1. The average molecular weight is 306 g/mol. The number of aliphatic hydroxyl groups excluding tert-OH is 1. The highest BCUT2D eigenvalue weighted by Gasteiger charge is 2.21. The first-order chi connectivity index (χ1) is 10.6. The van der Waals surface area contributed by atoms with E-state index in [4.69, 9.17) is 0 Å². The lowest BCUT2D eigenvalue weighted by Crippen LogP contribution is -2.46. The molecule has 1 saturated heterocycles. The highest BCUT2D eigenvalue weighted by molar-refractivity contribution is 5.74. The Morgan fingerprint density at radius 1 is 1.45 bits per heavy atom. The van der Waals surface area contributed by atoms with Gasteiger partial charge < -0.3 is 20.2 Å². The summed E-state index contributed by atoms with van der Waals surface area (Å²) in [7, 11) is 0. The molecule has 2 amide bonds. The largest absolute Gasteiger partial charge is 0.391 e. The summed E-state index contributed by atoms with van der Waals surface area (Å²) in [5.74, 6) is 0.958. The van der Waals surface area contributed by atoms with Crippen molar-refractivity contribution in [2.45, 2.75) is 39.3 Å². The molecule has 1 aromatic heterocycles. The number of pyridine rings is 1. The van der Waals surface area contributed by atoms with E-state index in [-0.39, 0.29) is 6.03 Å². The molecule has 0 saturated carbocycles. The standard InChI is InChI=1S/C16H26N4O2/c1-3-19(4-2)15-8-7-13(10-17-15)11-18-16(22)20-9-5-6-14(21)12-20/h7-8,10,14,21H,3-6,9,11-12H2,1-2H3,(H,18,22). The van der Waals surface area contributed by atoms with Gasteiger partial charge in [0.25, 0.3) is 0 Å². The van der Waals surface area contributed by atoms with Gasteiger partial charge in [0.15, 0.2) is 0 Å². The van der Waals surface area contributed by atoms with Crippen LogP contribution in [0.25, 0.3) is 0 Å². The number of nitrogens with zero attached hydrogens (tertiary/aromatic N) is 3. The minimum atomic E-state index is -0.394. The number of carbonyl (C=O) groups is 1. The summed E-state index contributed by atoms with van der Waals surface area (Å²) >= 11 is 0. The van der Waals surface area contributed by atoms with Crippen LogP contribution in [-0.2, 0) is 6.54 Å².